The highest BCUT2D eigenvalue weighted by molar-refractivity contribution is 7.21. The van der Waals surface area contributed by atoms with Crippen molar-refractivity contribution in [2.24, 2.45) is 0 Å². The van der Waals surface area contributed by atoms with Gasteiger partial charge >= 0.3 is 0 Å². The van der Waals surface area contributed by atoms with Crippen molar-refractivity contribution in [2.75, 3.05) is 0 Å². The Balaban J connectivity index is 2.00. The fourth-order valence-corrected chi connectivity index (χ4v) is 3.02. The number of nitrogens with zero attached hydrogens (tertiary/aromatic N) is 1. The van der Waals surface area contributed by atoms with Crippen LogP contribution in [0.1, 0.15) is 16.1 Å². The molecule has 2 aromatic heterocycles. The lowest BCUT2D eigenvalue weighted by atomic mass is 10.0. The number of rotatable bonds is 3. The van der Waals surface area contributed by atoms with E-state index in [0.29, 0.717) is 11.3 Å². The molecule has 1 aromatic carbocycles. The highest BCUT2D eigenvalue weighted by Crippen LogP contribution is 2.37. The van der Waals surface area contributed by atoms with E-state index in [1.54, 1.807) is 6.20 Å². The molecular weight excluding hydrogens is 258 g/mol. The molecule has 0 aliphatic heterocycles. The lowest BCUT2D eigenvalue weighted by Gasteiger charge is -2.00. The molecule has 0 amide bonds. The van der Waals surface area contributed by atoms with Crippen LogP contribution in [0.2, 0.25) is 0 Å². The van der Waals surface area contributed by atoms with Crippen molar-refractivity contribution in [3.63, 3.8) is 0 Å². The first kappa shape index (κ1) is 11.9. The molecule has 19 heavy (non-hydrogen) atoms. The largest absolute Gasteiger partial charge is 0.499 e. The van der Waals surface area contributed by atoms with Gasteiger partial charge in [-0.25, -0.2) is 0 Å². The van der Waals surface area contributed by atoms with Gasteiger partial charge in [0.25, 0.3) is 0 Å². The Labute approximate surface area is 114 Å². The zero-order valence-electron chi connectivity index (χ0n) is 10.0. The smallest absolute Gasteiger partial charge is 0.183 e. The average molecular weight is 269 g/mol. The minimum Gasteiger partial charge on any atom is -0.499 e. The summed E-state index contributed by atoms with van der Waals surface area (Å²) in [7, 11) is 0. The molecule has 3 rings (SSSR count). The Morgan fingerprint density at radius 2 is 1.95 bits per heavy atom. The summed E-state index contributed by atoms with van der Waals surface area (Å²) < 4.78 is 0.921. The first-order chi connectivity index (χ1) is 9.25. The van der Waals surface area contributed by atoms with Gasteiger partial charge in [0.15, 0.2) is 10.8 Å². The van der Waals surface area contributed by atoms with Crippen LogP contribution in [0.25, 0.3) is 10.1 Å². The standard InChI is InChI=1S/C15H11NO2S/c17-12(9-10-5-3-4-8-16-10)14-11-6-1-2-7-13(11)19-15(14)18/h1-8,18H,9H2. The van der Waals surface area contributed by atoms with Gasteiger partial charge in [-0.1, -0.05) is 35.6 Å². The molecule has 0 radical (unpaired) electrons. The summed E-state index contributed by atoms with van der Waals surface area (Å²) in [5, 5.41) is 10.9. The average Bonchev–Trinajstić information content (AvgIpc) is 2.75. The van der Waals surface area contributed by atoms with Crippen LogP contribution in [0.3, 0.4) is 0 Å². The third-order valence-corrected chi connectivity index (χ3v) is 3.90. The number of Topliss-reactive ketones (excluding diaryl/α,β-unsaturated/α-hetero) is 1. The predicted molar refractivity (Wildman–Crippen MR) is 75.8 cm³/mol. The fraction of sp³-hybridized carbons (Fsp3) is 0.0667. The van der Waals surface area contributed by atoms with Gasteiger partial charge in [0.1, 0.15) is 0 Å². The van der Waals surface area contributed by atoms with E-state index in [0.717, 1.165) is 10.1 Å². The van der Waals surface area contributed by atoms with E-state index in [2.05, 4.69) is 4.98 Å². The highest BCUT2D eigenvalue weighted by Gasteiger charge is 2.18. The molecule has 0 atom stereocenters. The number of aromatic nitrogens is 1. The summed E-state index contributed by atoms with van der Waals surface area (Å²) in [5.41, 5.74) is 1.12. The molecular formula is C15H11NO2S. The van der Waals surface area contributed by atoms with Gasteiger partial charge in [-0.3, -0.25) is 9.78 Å². The van der Waals surface area contributed by atoms with Gasteiger partial charge in [-0.2, -0.15) is 0 Å². The molecule has 0 bridgehead atoms. The van der Waals surface area contributed by atoms with Gasteiger partial charge in [0.05, 0.1) is 12.0 Å². The molecule has 1 N–H and O–H groups in total. The minimum atomic E-state index is -0.103. The molecule has 94 valence electrons. The number of fused-ring (bicyclic) bond motifs is 1. The minimum absolute atomic E-state index is 0.0853. The number of hydrogen-bond acceptors (Lipinski definition) is 4. The first-order valence-electron chi connectivity index (χ1n) is 5.89. The van der Waals surface area contributed by atoms with E-state index in [1.165, 1.54) is 11.3 Å². The quantitative estimate of drug-likeness (QED) is 0.741. The van der Waals surface area contributed by atoms with Gasteiger partial charge < -0.3 is 5.11 Å². The molecule has 2 heterocycles. The number of aromatic hydroxyl groups is 1. The Kier molecular flexibility index (Phi) is 3.01. The third-order valence-electron chi connectivity index (χ3n) is 2.92. The van der Waals surface area contributed by atoms with E-state index < -0.39 is 0 Å². The van der Waals surface area contributed by atoms with Crippen molar-refractivity contribution >= 4 is 27.2 Å². The molecule has 0 saturated carbocycles. The number of carbonyl (C=O) groups is 1. The van der Waals surface area contributed by atoms with Gasteiger partial charge in [-0.15, -0.1) is 0 Å². The second-order valence-corrected chi connectivity index (χ2v) is 5.23. The SMILES string of the molecule is O=C(Cc1ccccn1)c1c(O)sc2ccccc12. The van der Waals surface area contributed by atoms with Gasteiger partial charge in [-0.05, 0) is 18.2 Å². The zero-order valence-corrected chi connectivity index (χ0v) is 10.9. The molecule has 3 aromatic rings. The number of benzene rings is 1. The topological polar surface area (TPSA) is 50.2 Å². The van der Waals surface area contributed by atoms with Crippen LogP contribution >= 0.6 is 11.3 Å². The van der Waals surface area contributed by atoms with Crippen LogP contribution in [0.4, 0.5) is 0 Å². The monoisotopic (exact) mass is 269 g/mol. The van der Waals surface area contributed by atoms with Crippen LogP contribution in [0, 0.1) is 0 Å². The number of carbonyl (C=O) groups excluding carboxylic acids is 1. The van der Waals surface area contributed by atoms with Gasteiger partial charge in [0, 0.05) is 22.0 Å². The molecule has 0 fully saturated rings. The number of hydrogen-bond donors (Lipinski definition) is 1. The fourth-order valence-electron chi connectivity index (χ4n) is 2.06. The zero-order chi connectivity index (χ0) is 13.2. The maximum absolute atomic E-state index is 12.3. The summed E-state index contributed by atoms with van der Waals surface area (Å²) in [6, 6.07) is 13.0. The normalized spacial score (nSPS) is 10.7. The second kappa shape index (κ2) is 4.82. The van der Waals surface area contributed by atoms with Crippen LogP contribution in [0.5, 0.6) is 5.06 Å². The summed E-state index contributed by atoms with van der Waals surface area (Å²) in [6.07, 6.45) is 1.86. The maximum atomic E-state index is 12.3. The summed E-state index contributed by atoms with van der Waals surface area (Å²) in [6.45, 7) is 0. The number of thiophene rings is 1. The Bertz CT molecular complexity index is 734. The Morgan fingerprint density at radius 1 is 1.16 bits per heavy atom. The predicted octanol–water partition coefficient (Wildman–Crippen LogP) is 3.43. The molecule has 0 unspecified atom stereocenters. The lowest BCUT2D eigenvalue weighted by Crippen LogP contribution is -2.04. The van der Waals surface area contributed by atoms with Crippen molar-refractivity contribution in [1.82, 2.24) is 4.98 Å². The van der Waals surface area contributed by atoms with Gasteiger partial charge in [0.2, 0.25) is 0 Å². The summed E-state index contributed by atoms with van der Waals surface area (Å²) >= 11 is 1.23. The summed E-state index contributed by atoms with van der Waals surface area (Å²) in [5.74, 6) is -0.103. The van der Waals surface area contributed by atoms with E-state index in [9.17, 15) is 9.90 Å². The van der Waals surface area contributed by atoms with Crippen LogP contribution in [0.15, 0.2) is 48.7 Å². The van der Waals surface area contributed by atoms with E-state index in [1.807, 2.05) is 42.5 Å². The molecule has 4 heteroatoms. The van der Waals surface area contributed by atoms with E-state index in [-0.39, 0.29) is 17.3 Å². The molecule has 0 aliphatic carbocycles. The van der Waals surface area contributed by atoms with Crippen molar-refractivity contribution in [2.45, 2.75) is 6.42 Å². The van der Waals surface area contributed by atoms with Crippen molar-refractivity contribution in [3.8, 4) is 5.06 Å². The number of pyridine rings is 1. The Morgan fingerprint density at radius 3 is 2.74 bits per heavy atom. The van der Waals surface area contributed by atoms with Crippen molar-refractivity contribution in [3.05, 3.63) is 59.9 Å². The first-order valence-corrected chi connectivity index (χ1v) is 6.71. The maximum Gasteiger partial charge on any atom is 0.183 e. The highest BCUT2D eigenvalue weighted by atomic mass is 32.1. The van der Waals surface area contributed by atoms with Crippen LogP contribution in [-0.4, -0.2) is 15.9 Å². The van der Waals surface area contributed by atoms with E-state index >= 15 is 0 Å². The van der Waals surface area contributed by atoms with Crippen molar-refractivity contribution < 1.29 is 9.90 Å². The summed E-state index contributed by atoms with van der Waals surface area (Å²) in [4.78, 5) is 16.5. The molecule has 3 nitrogen and oxygen atoms in total. The number of ketones is 1. The van der Waals surface area contributed by atoms with Crippen LogP contribution < -0.4 is 0 Å². The van der Waals surface area contributed by atoms with Crippen molar-refractivity contribution in [1.29, 1.82) is 0 Å². The Hall–Kier alpha value is -2.20. The van der Waals surface area contributed by atoms with E-state index in [4.69, 9.17) is 0 Å². The molecule has 0 saturated heterocycles. The molecule has 0 spiro atoms. The van der Waals surface area contributed by atoms with Crippen LogP contribution in [-0.2, 0) is 6.42 Å². The third kappa shape index (κ3) is 2.22. The lowest BCUT2D eigenvalue weighted by molar-refractivity contribution is 0.0991. The second-order valence-electron chi connectivity index (χ2n) is 4.20. The molecule has 0 aliphatic rings.